The third kappa shape index (κ3) is 7.28. The first-order valence-corrected chi connectivity index (χ1v) is 11.4. The minimum absolute atomic E-state index is 0.142. The van der Waals surface area contributed by atoms with Gasteiger partial charge in [-0.2, -0.15) is 0 Å². The molecular formula is C16H26ClINO4P. The monoisotopic (exact) mass is 489 g/mol. The van der Waals surface area contributed by atoms with Crippen LogP contribution in [0, 0.1) is 3.57 Å². The van der Waals surface area contributed by atoms with Crippen LogP contribution in [0.5, 0.6) is 0 Å². The highest BCUT2D eigenvalue weighted by Crippen LogP contribution is 2.47. The maximum Gasteiger partial charge on any atom is 0.255 e. The van der Waals surface area contributed by atoms with Crippen LogP contribution in [0.4, 0.5) is 0 Å². The topological polar surface area (TPSA) is 67.8 Å². The van der Waals surface area contributed by atoms with E-state index in [1.165, 1.54) is 0 Å². The number of halogens is 2. The van der Waals surface area contributed by atoms with Gasteiger partial charge in [0, 0.05) is 29.0 Å². The Morgan fingerprint density at radius 3 is 2.50 bits per heavy atom. The predicted octanol–water partition coefficient (Wildman–Crippen LogP) is 4.61. The molecule has 5 nitrogen and oxygen atoms in total. The van der Waals surface area contributed by atoms with Crippen LogP contribution in [-0.4, -0.2) is 36.8 Å². The van der Waals surface area contributed by atoms with Crippen molar-refractivity contribution in [3.8, 4) is 0 Å². The van der Waals surface area contributed by atoms with Gasteiger partial charge in [0.15, 0.2) is 0 Å². The van der Waals surface area contributed by atoms with E-state index in [2.05, 4.69) is 34.8 Å². The highest BCUT2D eigenvalue weighted by atomic mass is 127. The van der Waals surface area contributed by atoms with E-state index < -0.39 is 13.4 Å². The summed E-state index contributed by atoms with van der Waals surface area (Å²) in [6.07, 6.45) is 0.731. The maximum absolute atomic E-state index is 12.4. The van der Waals surface area contributed by atoms with Gasteiger partial charge in [-0.25, -0.2) is 0 Å². The highest BCUT2D eigenvalue weighted by molar-refractivity contribution is 14.1. The van der Waals surface area contributed by atoms with Crippen LogP contribution in [0.15, 0.2) is 18.2 Å². The fourth-order valence-corrected chi connectivity index (χ4v) is 4.44. The second-order valence-corrected chi connectivity index (χ2v) is 9.35. The van der Waals surface area contributed by atoms with Crippen molar-refractivity contribution >= 4 is 41.6 Å². The van der Waals surface area contributed by atoms with E-state index in [1.807, 2.05) is 18.2 Å². The fraction of sp³-hybridized carbons (Fsp3) is 0.625. The molecule has 138 valence electrons. The maximum atomic E-state index is 12.4. The molecule has 2 N–H and O–H groups in total. The molecule has 0 fully saturated rings. The van der Waals surface area contributed by atoms with Gasteiger partial charge in [-0.1, -0.05) is 17.7 Å². The van der Waals surface area contributed by atoms with Crippen molar-refractivity contribution in [2.75, 3.05) is 25.9 Å². The standard InChI is InChI=1S/C16H26ClINO4P/c1-4-22-16(23-5-2)24(20,21)10-6-9-19-12(3)13-7-8-14(17)15(18)11-13/h7-8,11-12,16,19H,4-6,9-10H2,1-3H3,(H,20,21). The predicted molar refractivity (Wildman–Crippen MR) is 107 cm³/mol. The minimum atomic E-state index is -3.49. The first kappa shape index (κ1) is 22.4. The van der Waals surface area contributed by atoms with Gasteiger partial charge in [0.2, 0.25) is 6.03 Å². The Bertz CT molecular complexity index is 555. The van der Waals surface area contributed by atoms with E-state index in [9.17, 15) is 9.46 Å². The summed E-state index contributed by atoms with van der Waals surface area (Å²) in [6.45, 7) is 6.95. The lowest BCUT2D eigenvalue weighted by molar-refractivity contribution is -0.0871. The second-order valence-electron chi connectivity index (χ2n) is 5.40. The van der Waals surface area contributed by atoms with E-state index in [0.29, 0.717) is 26.2 Å². The van der Waals surface area contributed by atoms with Gasteiger partial charge in [-0.05, 0) is 74.0 Å². The van der Waals surface area contributed by atoms with Crippen molar-refractivity contribution in [3.63, 3.8) is 0 Å². The normalized spacial score (nSPS) is 15.5. The summed E-state index contributed by atoms with van der Waals surface area (Å²) in [5.74, 6) is 0. The van der Waals surface area contributed by atoms with Crippen molar-refractivity contribution in [2.24, 2.45) is 0 Å². The van der Waals surface area contributed by atoms with E-state index >= 15 is 0 Å². The van der Waals surface area contributed by atoms with Crippen LogP contribution in [0.1, 0.15) is 38.8 Å². The molecule has 0 aliphatic carbocycles. The number of hydrogen-bond donors (Lipinski definition) is 2. The average Bonchev–Trinajstić information content (AvgIpc) is 2.53. The molecular weight excluding hydrogens is 464 g/mol. The summed E-state index contributed by atoms with van der Waals surface area (Å²) in [6, 6.07) is 5.02. The minimum Gasteiger partial charge on any atom is -0.345 e. The molecule has 0 radical (unpaired) electrons. The van der Waals surface area contributed by atoms with E-state index in [-0.39, 0.29) is 12.2 Å². The molecule has 0 heterocycles. The highest BCUT2D eigenvalue weighted by Gasteiger charge is 2.31. The Morgan fingerprint density at radius 2 is 1.96 bits per heavy atom. The Hall–Kier alpha value is 0.310. The number of rotatable bonds is 11. The molecule has 0 saturated heterocycles. The zero-order chi connectivity index (χ0) is 18.2. The third-order valence-electron chi connectivity index (χ3n) is 3.50. The summed E-state index contributed by atoms with van der Waals surface area (Å²) in [4.78, 5) is 10.1. The molecule has 2 unspecified atom stereocenters. The average molecular weight is 490 g/mol. The van der Waals surface area contributed by atoms with Crippen molar-refractivity contribution in [3.05, 3.63) is 32.4 Å². The van der Waals surface area contributed by atoms with E-state index in [4.69, 9.17) is 21.1 Å². The molecule has 0 bridgehead atoms. The summed E-state index contributed by atoms with van der Waals surface area (Å²) >= 11 is 8.24. The van der Waals surface area contributed by atoms with Gasteiger partial charge in [0.1, 0.15) is 0 Å². The van der Waals surface area contributed by atoms with Crippen LogP contribution in [-0.2, 0) is 14.0 Å². The molecule has 2 atom stereocenters. The summed E-state index contributed by atoms with van der Waals surface area (Å²) < 4.78 is 23.9. The van der Waals surface area contributed by atoms with Crippen molar-refractivity contribution in [2.45, 2.75) is 39.3 Å². The Kier molecular flexibility index (Phi) is 10.4. The third-order valence-corrected chi connectivity index (χ3v) is 6.95. The Morgan fingerprint density at radius 1 is 1.33 bits per heavy atom. The van der Waals surface area contributed by atoms with E-state index in [1.54, 1.807) is 13.8 Å². The molecule has 24 heavy (non-hydrogen) atoms. The molecule has 1 aromatic rings. The first-order chi connectivity index (χ1) is 11.3. The Balaban J connectivity index is 2.45. The van der Waals surface area contributed by atoms with Gasteiger partial charge in [0.25, 0.3) is 7.37 Å². The lowest BCUT2D eigenvalue weighted by Gasteiger charge is -2.23. The van der Waals surface area contributed by atoms with Crippen molar-refractivity contribution in [1.82, 2.24) is 5.32 Å². The summed E-state index contributed by atoms with van der Waals surface area (Å²) in [5.41, 5.74) is 1.14. The fourth-order valence-electron chi connectivity index (χ4n) is 2.20. The SMILES string of the molecule is CCOC(OCC)P(=O)(O)CCCNC(C)c1ccc(Cl)c(I)c1. The van der Waals surface area contributed by atoms with Crippen LogP contribution in [0.2, 0.25) is 5.02 Å². The lowest BCUT2D eigenvalue weighted by Crippen LogP contribution is -2.23. The molecule has 0 saturated carbocycles. The van der Waals surface area contributed by atoms with Crippen LogP contribution >= 0.6 is 41.6 Å². The molecule has 0 amide bonds. The molecule has 1 rings (SSSR count). The molecule has 0 spiro atoms. The quantitative estimate of drug-likeness (QED) is 0.206. The number of ether oxygens (including phenoxy) is 2. The molecule has 0 aliphatic rings. The smallest absolute Gasteiger partial charge is 0.255 e. The summed E-state index contributed by atoms with van der Waals surface area (Å²) in [5, 5.41) is 4.10. The largest absolute Gasteiger partial charge is 0.345 e. The summed E-state index contributed by atoms with van der Waals surface area (Å²) in [7, 11) is -3.49. The van der Waals surface area contributed by atoms with Gasteiger partial charge < -0.3 is 19.7 Å². The number of nitrogens with one attached hydrogen (secondary N) is 1. The molecule has 1 aromatic carbocycles. The van der Waals surface area contributed by atoms with Gasteiger partial charge in [-0.15, -0.1) is 0 Å². The van der Waals surface area contributed by atoms with Crippen molar-refractivity contribution in [1.29, 1.82) is 0 Å². The number of benzene rings is 1. The van der Waals surface area contributed by atoms with Crippen LogP contribution in [0.3, 0.4) is 0 Å². The Labute approximate surface area is 163 Å². The van der Waals surface area contributed by atoms with Gasteiger partial charge in [-0.3, -0.25) is 4.57 Å². The zero-order valence-corrected chi connectivity index (χ0v) is 18.1. The molecule has 8 heteroatoms. The lowest BCUT2D eigenvalue weighted by atomic mass is 10.1. The van der Waals surface area contributed by atoms with Crippen LogP contribution < -0.4 is 5.32 Å². The molecule has 0 aliphatic heterocycles. The van der Waals surface area contributed by atoms with Gasteiger partial charge >= 0.3 is 0 Å². The molecule has 0 aromatic heterocycles. The van der Waals surface area contributed by atoms with Crippen molar-refractivity contribution < 1.29 is 18.9 Å². The second kappa shape index (κ2) is 11.1. The van der Waals surface area contributed by atoms with E-state index in [0.717, 1.165) is 14.2 Å². The first-order valence-electron chi connectivity index (χ1n) is 8.04. The van der Waals surface area contributed by atoms with Gasteiger partial charge in [0.05, 0.1) is 5.02 Å². The number of hydrogen-bond acceptors (Lipinski definition) is 4. The van der Waals surface area contributed by atoms with Crippen LogP contribution in [0.25, 0.3) is 0 Å². The zero-order valence-electron chi connectivity index (χ0n) is 14.3.